The van der Waals surface area contributed by atoms with Crippen LogP contribution in [0.3, 0.4) is 0 Å². The van der Waals surface area contributed by atoms with Crippen LogP contribution in [-0.2, 0) is 6.42 Å². The Hall–Kier alpha value is -1.50. The summed E-state index contributed by atoms with van der Waals surface area (Å²) in [5, 5.41) is 3.48. The molecule has 0 saturated heterocycles. The summed E-state index contributed by atoms with van der Waals surface area (Å²) >= 11 is 0. The highest BCUT2D eigenvalue weighted by atomic mass is 14.9. The molecule has 0 heterocycles. The molecule has 1 aromatic rings. The summed E-state index contributed by atoms with van der Waals surface area (Å²) in [5.41, 5.74) is 4.03. The lowest BCUT2D eigenvalue weighted by molar-refractivity contribution is 0.647. The van der Waals surface area contributed by atoms with E-state index in [1.807, 2.05) is 0 Å². The first kappa shape index (κ1) is 12.9. The van der Waals surface area contributed by atoms with Gasteiger partial charge < -0.3 is 5.32 Å². The molecule has 0 atom stereocenters. The summed E-state index contributed by atoms with van der Waals surface area (Å²) in [6.45, 7) is 5.45. The minimum absolute atomic E-state index is 0.723. The van der Waals surface area contributed by atoms with E-state index in [1.54, 1.807) is 0 Å². The maximum absolute atomic E-state index is 3.48. The van der Waals surface area contributed by atoms with Crippen LogP contribution in [-0.4, -0.2) is 6.54 Å². The molecule has 1 aliphatic rings. The molecule has 2 rings (SSSR count). The molecular weight excluding hydrogens is 218 g/mol. The van der Waals surface area contributed by atoms with Crippen molar-refractivity contribution in [3.05, 3.63) is 53.6 Å². The zero-order valence-electron chi connectivity index (χ0n) is 11.4. The summed E-state index contributed by atoms with van der Waals surface area (Å²) in [6.07, 6.45) is 10.3. The average Bonchev–Trinajstić information content (AvgIpc) is 2.38. The Labute approximate surface area is 111 Å². The Morgan fingerprint density at radius 2 is 1.89 bits per heavy atom. The average molecular weight is 241 g/mol. The number of benzene rings is 1. The van der Waals surface area contributed by atoms with Crippen molar-refractivity contribution in [2.45, 2.75) is 33.1 Å². The van der Waals surface area contributed by atoms with Crippen molar-refractivity contribution in [1.82, 2.24) is 0 Å². The van der Waals surface area contributed by atoms with E-state index in [-0.39, 0.29) is 0 Å². The first-order valence-corrected chi connectivity index (χ1v) is 6.92. The van der Waals surface area contributed by atoms with Crippen LogP contribution in [0.4, 0.5) is 5.69 Å². The van der Waals surface area contributed by atoms with E-state index in [0.29, 0.717) is 0 Å². The summed E-state index contributed by atoms with van der Waals surface area (Å²) in [7, 11) is 0. The fourth-order valence-electron chi connectivity index (χ4n) is 2.23. The first-order chi connectivity index (χ1) is 8.74. The van der Waals surface area contributed by atoms with Crippen LogP contribution in [0.15, 0.2) is 48.1 Å². The molecule has 1 N–H and O–H groups in total. The van der Waals surface area contributed by atoms with Gasteiger partial charge in [0.2, 0.25) is 0 Å². The minimum Gasteiger partial charge on any atom is -0.381 e. The third-order valence-corrected chi connectivity index (χ3v) is 3.17. The van der Waals surface area contributed by atoms with Gasteiger partial charge in [0.05, 0.1) is 0 Å². The Morgan fingerprint density at radius 1 is 1.11 bits per heavy atom. The molecule has 0 saturated carbocycles. The van der Waals surface area contributed by atoms with Gasteiger partial charge in [0.15, 0.2) is 0 Å². The second-order valence-electron chi connectivity index (χ2n) is 5.41. The van der Waals surface area contributed by atoms with Crippen LogP contribution in [0, 0.1) is 5.92 Å². The third-order valence-electron chi connectivity index (χ3n) is 3.17. The van der Waals surface area contributed by atoms with Gasteiger partial charge >= 0.3 is 0 Å². The van der Waals surface area contributed by atoms with Gasteiger partial charge in [0.1, 0.15) is 0 Å². The monoisotopic (exact) mass is 241 g/mol. The van der Waals surface area contributed by atoms with Gasteiger partial charge in [-0.05, 0) is 48.4 Å². The molecular formula is C17H23N. The maximum Gasteiger partial charge on any atom is 0.0397 e. The van der Waals surface area contributed by atoms with Crippen molar-refractivity contribution in [1.29, 1.82) is 0 Å². The summed E-state index contributed by atoms with van der Waals surface area (Å²) in [6, 6.07) is 8.83. The second-order valence-corrected chi connectivity index (χ2v) is 5.41. The molecule has 1 nitrogen and oxygen atoms in total. The van der Waals surface area contributed by atoms with E-state index in [0.717, 1.165) is 18.9 Å². The Morgan fingerprint density at radius 3 is 2.50 bits per heavy atom. The Balaban J connectivity index is 1.86. The minimum atomic E-state index is 0.723. The fraction of sp³-hybridized carbons (Fsp3) is 0.412. The number of hydrogen-bond donors (Lipinski definition) is 1. The first-order valence-electron chi connectivity index (χ1n) is 6.92. The van der Waals surface area contributed by atoms with E-state index in [1.165, 1.54) is 29.7 Å². The molecule has 0 aromatic heterocycles. The molecule has 0 fully saturated rings. The quantitative estimate of drug-likeness (QED) is 0.796. The number of anilines is 1. The summed E-state index contributed by atoms with van der Waals surface area (Å²) in [4.78, 5) is 0. The van der Waals surface area contributed by atoms with Crippen molar-refractivity contribution in [2.75, 3.05) is 11.9 Å². The molecule has 0 unspecified atom stereocenters. The third kappa shape index (κ3) is 4.06. The number of allylic oxidation sites excluding steroid dienone is 2. The summed E-state index contributed by atoms with van der Waals surface area (Å²) < 4.78 is 0. The van der Waals surface area contributed by atoms with Crippen LogP contribution >= 0.6 is 0 Å². The maximum atomic E-state index is 3.48. The molecule has 0 aliphatic heterocycles. The molecule has 18 heavy (non-hydrogen) atoms. The van der Waals surface area contributed by atoms with Crippen molar-refractivity contribution >= 4 is 5.69 Å². The highest BCUT2D eigenvalue weighted by Crippen LogP contribution is 2.15. The largest absolute Gasteiger partial charge is 0.381 e. The molecule has 0 amide bonds. The van der Waals surface area contributed by atoms with Crippen LogP contribution in [0.5, 0.6) is 0 Å². The van der Waals surface area contributed by atoms with Gasteiger partial charge in [-0.1, -0.05) is 44.2 Å². The number of hydrogen-bond acceptors (Lipinski definition) is 1. The molecule has 1 aromatic carbocycles. The predicted octanol–water partition coefficient (Wildman–Crippen LogP) is 4.57. The Kier molecular flexibility index (Phi) is 4.63. The van der Waals surface area contributed by atoms with E-state index >= 15 is 0 Å². The topological polar surface area (TPSA) is 12.0 Å². The molecule has 96 valence electrons. The van der Waals surface area contributed by atoms with Crippen molar-refractivity contribution in [3.8, 4) is 0 Å². The van der Waals surface area contributed by atoms with Crippen molar-refractivity contribution in [3.63, 3.8) is 0 Å². The van der Waals surface area contributed by atoms with Gasteiger partial charge in [-0.15, -0.1) is 0 Å². The lowest BCUT2D eigenvalue weighted by atomic mass is 10.0. The van der Waals surface area contributed by atoms with Crippen LogP contribution in [0.2, 0.25) is 0 Å². The van der Waals surface area contributed by atoms with Crippen LogP contribution in [0.1, 0.15) is 32.3 Å². The zero-order chi connectivity index (χ0) is 12.8. The van der Waals surface area contributed by atoms with Gasteiger partial charge in [-0.3, -0.25) is 0 Å². The van der Waals surface area contributed by atoms with Crippen LogP contribution in [0.25, 0.3) is 0 Å². The lowest BCUT2D eigenvalue weighted by Gasteiger charge is -2.11. The normalized spacial score (nSPS) is 14.7. The molecule has 0 bridgehead atoms. The number of rotatable bonds is 5. The van der Waals surface area contributed by atoms with E-state index in [4.69, 9.17) is 0 Å². The Bertz CT molecular complexity index is 423. The molecule has 0 spiro atoms. The number of nitrogens with one attached hydrogen (secondary N) is 1. The van der Waals surface area contributed by atoms with E-state index in [9.17, 15) is 0 Å². The second kappa shape index (κ2) is 6.44. The van der Waals surface area contributed by atoms with Crippen LogP contribution < -0.4 is 5.32 Å². The van der Waals surface area contributed by atoms with E-state index in [2.05, 4.69) is 61.7 Å². The summed E-state index contributed by atoms with van der Waals surface area (Å²) in [5.74, 6) is 0.723. The van der Waals surface area contributed by atoms with Crippen molar-refractivity contribution < 1.29 is 0 Å². The molecule has 1 heteroatoms. The fourth-order valence-corrected chi connectivity index (χ4v) is 2.23. The van der Waals surface area contributed by atoms with Gasteiger partial charge in [-0.25, -0.2) is 0 Å². The van der Waals surface area contributed by atoms with E-state index < -0.39 is 0 Å². The van der Waals surface area contributed by atoms with Gasteiger partial charge in [0.25, 0.3) is 0 Å². The SMILES string of the molecule is CC(C)Cc1ccc(NCC2=CCCC=C2)cc1. The standard InChI is InChI=1S/C17H23N/c1-14(2)12-15-8-10-17(11-9-15)18-13-16-6-4-3-5-7-16/h4,6-11,14,18H,3,5,12-13H2,1-2H3. The lowest BCUT2D eigenvalue weighted by Crippen LogP contribution is -2.04. The van der Waals surface area contributed by atoms with Gasteiger partial charge in [0, 0.05) is 12.2 Å². The van der Waals surface area contributed by atoms with Gasteiger partial charge in [-0.2, -0.15) is 0 Å². The highest BCUT2D eigenvalue weighted by molar-refractivity contribution is 5.46. The van der Waals surface area contributed by atoms with Crippen molar-refractivity contribution in [2.24, 2.45) is 5.92 Å². The zero-order valence-corrected chi connectivity index (χ0v) is 11.4. The predicted molar refractivity (Wildman–Crippen MR) is 79.9 cm³/mol. The molecule has 1 aliphatic carbocycles. The smallest absolute Gasteiger partial charge is 0.0397 e. The highest BCUT2D eigenvalue weighted by Gasteiger charge is 2.00. The molecule has 0 radical (unpaired) electrons.